The van der Waals surface area contributed by atoms with Crippen LogP contribution in [0.2, 0.25) is 0 Å². The Bertz CT molecular complexity index is 233. The van der Waals surface area contributed by atoms with E-state index >= 15 is 0 Å². The maximum Gasteiger partial charge on any atom is 0.131 e. The molecule has 0 N–H and O–H groups in total. The molecule has 0 heterocycles. The summed E-state index contributed by atoms with van der Waals surface area (Å²) in [5.74, 6) is 0. The largest absolute Gasteiger partial charge is 0.132 e. The number of rotatable bonds is 4. The quantitative estimate of drug-likeness (QED) is 0.720. The summed E-state index contributed by atoms with van der Waals surface area (Å²) in [5.41, 5.74) is 1.39. The van der Waals surface area contributed by atoms with E-state index in [1.807, 2.05) is 35.3 Å². The van der Waals surface area contributed by atoms with E-state index in [1.54, 1.807) is 0 Å². The molecule has 0 aromatic heterocycles. The van der Waals surface area contributed by atoms with Crippen molar-refractivity contribution in [2.24, 2.45) is 0 Å². The molecule has 1 rings (SSSR count). The van der Waals surface area contributed by atoms with Gasteiger partial charge in [0.2, 0.25) is 0 Å². The highest BCUT2D eigenvalue weighted by molar-refractivity contribution is 8.32. The van der Waals surface area contributed by atoms with Crippen molar-refractivity contribution in [2.75, 3.05) is 18.8 Å². The molecular formula is C10H14S3. The Kier molecular flexibility index (Phi) is 4.56. The Morgan fingerprint density at radius 2 is 1.31 bits per heavy atom. The van der Waals surface area contributed by atoms with Crippen molar-refractivity contribution in [1.82, 2.24) is 0 Å². The minimum atomic E-state index is 0.168. The zero-order valence-corrected chi connectivity index (χ0v) is 10.6. The summed E-state index contributed by atoms with van der Waals surface area (Å²) in [5, 5.41) is 0. The molecule has 13 heavy (non-hydrogen) atoms. The molecule has 0 aliphatic heterocycles. The number of benzene rings is 1. The van der Waals surface area contributed by atoms with Crippen LogP contribution in [0, 0.1) is 0 Å². The molecule has 0 amide bonds. The van der Waals surface area contributed by atoms with Gasteiger partial charge in [-0.05, 0) is 24.3 Å². The standard InChI is InChI=1S/C10H14S3/c1-11-10(12-2,13-3)9-7-5-4-6-8-9/h4-8H,1-3H3. The van der Waals surface area contributed by atoms with Crippen molar-refractivity contribution in [3.8, 4) is 0 Å². The van der Waals surface area contributed by atoms with Gasteiger partial charge in [-0.25, -0.2) is 0 Å². The van der Waals surface area contributed by atoms with Gasteiger partial charge in [0.1, 0.15) is 3.41 Å². The van der Waals surface area contributed by atoms with E-state index in [1.165, 1.54) is 5.56 Å². The average Bonchev–Trinajstić information content (AvgIpc) is 2.23. The second kappa shape index (κ2) is 5.23. The highest BCUT2D eigenvalue weighted by atomic mass is 32.3. The van der Waals surface area contributed by atoms with E-state index in [0.717, 1.165) is 0 Å². The Balaban J connectivity index is 3.01. The van der Waals surface area contributed by atoms with Crippen LogP contribution in [0.25, 0.3) is 0 Å². The van der Waals surface area contributed by atoms with Crippen LogP contribution in [0.15, 0.2) is 30.3 Å². The fourth-order valence-electron chi connectivity index (χ4n) is 1.25. The van der Waals surface area contributed by atoms with E-state index in [9.17, 15) is 0 Å². The summed E-state index contributed by atoms with van der Waals surface area (Å²) < 4.78 is 0.168. The SMILES string of the molecule is CSC(SC)(SC)c1ccccc1. The van der Waals surface area contributed by atoms with Crippen LogP contribution in [0.3, 0.4) is 0 Å². The third kappa shape index (κ3) is 2.39. The lowest BCUT2D eigenvalue weighted by Gasteiger charge is -2.28. The van der Waals surface area contributed by atoms with Crippen LogP contribution >= 0.6 is 35.3 Å². The van der Waals surface area contributed by atoms with E-state index < -0.39 is 0 Å². The third-order valence-corrected chi connectivity index (χ3v) is 7.25. The van der Waals surface area contributed by atoms with Gasteiger partial charge in [-0.2, -0.15) is 0 Å². The molecule has 1 aromatic rings. The number of thioether (sulfide) groups is 3. The molecule has 0 unspecified atom stereocenters. The van der Waals surface area contributed by atoms with E-state index in [0.29, 0.717) is 0 Å². The molecule has 0 atom stereocenters. The molecular weight excluding hydrogens is 216 g/mol. The molecule has 0 fully saturated rings. The van der Waals surface area contributed by atoms with Gasteiger partial charge >= 0.3 is 0 Å². The lowest BCUT2D eigenvalue weighted by atomic mass is 10.2. The van der Waals surface area contributed by atoms with Gasteiger partial charge < -0.3 is 0 Å². The normalized spacial score (nSPS) is 11.6. The van der Waals surface area contributed by atoms with Gasteiger partial charge in [-0.1, -0.05) is 30.3 Å². The molecule has 3 heteroatoms. The number of hydrogen-bond donors (Lipinski definition) is 0. The summed E-state index contributed by atoms with van der Waals surface area (Å²) in [7, 11) is 0. The van der Waals surface area contributed by atoms with Gasteiger partial charge in [-0.15, -0.1) is 35.3 Å². The third-order valence-electron chi connectivity index (χ3n) is 1.93. The van der Waals surface area contributed by atoms with E-state index in [4.69, 9.17) is 0 Å². The highest BCUT2D eigenvalue weighted by Crippen LogP contribution is 2.51. The van der Waals surface area contributed by atoms with Crippen LogP contribution in [-0.2, 0) is 3.41 Å². The predicted octanol–water partition coefficient (Wildman–Crippen LogP) is 3.89. The molecule has 0 radical (unpaired) electrons. The first-order valence-corrected chi connectivity index (χ1v) is 7.67. The van der Waals surface area contributed by atoms with Crippen molar-refractivity contribution < 1.29 is 0 Å². The van der Waals surface area contributed by atoms with Crippen LogP contribution in [0.5, 0.6) is 0 Å². The fourth-order valence-corrected chi connectivity index (χ4v) is 4.36. The molecule has 0 spiro atoms. The lowest BCUT2D eigenvalue weighted by molar-refractivity contribution is 1.30. The van der Waals surface area contributed by atoms with Crippen molar-refractivity contribution in [3.63, 3.8) is 0 Å². The summed E-state index contributed by atoms with van der Waals surface area (Å²) >= 11 is 5.69. The lowest BCUT2D eigenvalue weighted by Crippen LogP contribution is -2.10. The Morgan fingerprint density at radius 1 is 0.846 bits per heavy atom. The molecule has 0 aliphatic rings. The predicted molar refractivity (Wildman–Crippen MR) is 68.7 cm³/mol. The van der Waals surface area contributed by atoms with Gasteiger partial charge in [0.05, 0.1) is 0 Å². The second-order valence-corrected chi connectivity index (χ2v) is 6.37. The Hall–Kier alpha value is 0.270. The summed E-state index contributed by atoms with van der Waals surface area (Å²) in [6, 6.07) is 10.7. The average molecular weight is 230 g/mol. The summed E-state index contributed by atoms with van der Waals surface area (Å²) in [4.78, 5) is 0. The fraction of sp³-hybridized carbons (Fsp3) is 0.400. The number of hydrogen-bond acceptors (Lipinski definition) is 3. The summed E-state index contributed by atoms with van der Waals surface area (Å²) in [6.07, 6.45) is 6.50. The smallest absolute Gasteiger partial charge is 0.131 e. The zero-order valence-electron chi connectivity index (χ0n) is 8.11. The van der Waals surface area contributed by atoms with Crippen LogP contribution in [-0.4, -0.2) is 18.8 Å². The molecule has 0 nitrogen and oxygen atoms in total. The molecule has 0 saturated carbocycles. The first-order valence-electron chi connectivity index (χ1n) is 4.00. The maximum atomic E-state index is 2.20. The van der Waals surface area contributed by atoms with Crippen LogP contribution in [0.4, 0.5) is 0 Å². The first kappa shape index (κ1) is 11.3. The first-order chi connectivity index (χ1) is 6.29. The Morgan fingerprint density at radius 3 is 1.69 bits per heavy atom. The van der Waals surface area contributed by atoms with Gasteiger partial charge in [0.25, 0.3) is 0 Å². The molecule has 1 aromatic carbocycles. The molecule has 0 aliphatic carbocycles. The zero-order chi connectivity index (χ0) is 9.73. The minimum Gasteiger partial charge on any atom is -0.132 e. The monoisotopic (exact) mass is 230 g/mol. The van der Waals surface area contributed by atoms with Crippen molar-refractivity contribution in [1.29, 1.82) is 0 Å². The topological polar surface area (TPSA) is 0 Å². The minimum absolute atomic E-state index is 0.168. The summed E-state index contributed by atoms with van der Waals surface area (Å²) in [6.45, 7) is 0. The molecule has 0 bridgehead atoms. The van der Waals surface area contributed by atoms with Crippen molar-refractivity contribution in [3.05, 3.63) is 35.9 Å². The van der Waals surface area contributed by atoms with Gasteiger partial charge in [-0.3, -0.25) is 0 Å². The van der Waals surface area contributed by atoms with E-state index in [-0.39, 0.29) is 3.41 Å². The second-order valence-electron chi connectivity index (χ2n) is 2.53. The van der Waals surface area contributed by atoms with Crippen molar-refractivity contribution >= 4 is 35.3 Å². The highest BCUT2D eigenvalue weighted by Gasteiger charge is 2.28. The Labute approximate surface area is 93.3 Å². The molecule has 0 saturated heterocycles. The van der Waals surface area contributed by atoms with Crippen molar-refractivity contribution in [2.45, 2.75) is 3.41 Å². The van der Waals surface area contributed by atoms with Gasteiger partial charge in [0.15, 0.2) is 0 Å². The van der Waals surface area contributed by atoms with Crippen LogP contribution < -0.4 is 0 Å². The van der Waals surface area contributed by atoms with Crippen LogP contribution in [0.1, 0.15) is 5.56 Å². The maximum absolute atomic E-state index is 2.20. The van der Waals surface area contributed by atoms with Gasteiger partial charge in [0, 0.05) is 0 Å². The molecule has 72 valence electrons. The van der Waals surface area contributed by atoms with E-state index in [2.05, 4.69) is 49.1 Å².